The maximum absolute atomic E-state index is 11.5. The maximum atomic E-state index is 11.5. The Morgan fingerprint density at radius 1 is 1.14 bits per heavy atom. The van der Waals surface area contributed by atoms with Gasteiger partial charge in [-0.3, -0.25) is 0 Å². The molecule has 4 aliphatic rings. The van der Waals surface area contributed by atoms with E-state index in [4.69, 9.17) is 0 Å². The molecule has 0 spiro atoms. The first-order valence-corrected chi connectivity index (χ1v) is 12.4. The molecule has 29 heavy (non-hydrogen) atoms. The molecule has 0 amide bonds. The zero-order chi connectivity index (χ0) is 21.0. The predicted octanol–water partition coefficient (Wildman–Crippen LogP) is 6.28. The molecular weight excluding hydrogens is 356 g/mol. The van der Waals surface area contributed by atoms with Crippen molar-refractivity contribution in [2.75, 3.05) is 0 Å². The van der Waals surface area contributed by atoms with E-state index in [1.54, 1.807) is 5.57 Å². The third-order valence-corrected chi connectivity index (χ3v) is 9.85. The van der Waals surface area contributed by atoms with E-state index in [0.717, 1.165) is 49.9 Å². The summed E-state index contributed by atoms with van der Waals surface area (Å²) in [5.41, 5.74) is 1.42. The van der Waals surface area contributed by atoms with Crippen molar-refractivity contribution in [1.82, 2.24) is 0 Å². The van der Waals surface area contributed by atoms with Crippen LogP contribution in [-0.4, -0.2) is 21.9 Å². The van der Waals surface area contributed by atoms with Crippen LogP contribution in [0.5, 0.6) is 0 Å². The van der Waals surface area contributed by atoms with Crippen molar-refractivity contribution < 1.29 is 10.2 Å². The number of aliphatic hydroxyl groups is 2. The molecule has 3 saturated carbocycles. The van der Waals surface area contributed by atoms with Gasteiger partial charge in [-0.1, -0.05) is 51.5 Å². The Bertz CT molecular complexity index is 674. The molecule has 0 radical (unpaired) electrons. The molecule has 0 heterocycles. The molecule has 4 rings (SSSR count). The van der Waals surface area contributed by atoms with Crippen LogP contribution in [-0.2, 0) is 0 Å². The monoisotopic (exact) mass is 400 g/mol. The third-order valence-electron chi connectivity index (χ3n) is 9.85. The summed E-state index contributed by atoms with van der Waals surface area (Å²) in [5.74, 6) is 3.28. The third kappa shape index (κ3) is 3.57. The fourth-order valence-corrected chi connectivity index (χ4v) is 8.30. The highest BCUT2D eigenvalue weighted by Gasteiger charge is 2.60. The average Bonchev–Trinajstić information content (AvgIpc) is 3.00. The van der Waals surface area contributed by atoms with Gasteiger partial charge in [0.2, 0.25) is 0 Å². The summed E-state index contributed by atoms with van der Waals surface area (Å²) in [6.45, 7) is 11.5. The van der Waals surface area contributed by atoms with E-state index in [2.05, 4.69) is 52.8 Å². The lowest BCUT2D eigenvalue weighted by atomic mass is 9.47. The quantitative estimate of drug-likeness (QED) is 0.545. The fraction of sp³-hybridized carbons (Fsp3) is 0.852. The number of hydrogen-bond donors (Lipinski definition) is 2. The van der Waals surface area contributed by atoms with Crippen molar-refractivity contribution in [2.45, 2.75) is 104 Å². The van der Waals surface area contributed by atoms with E-state index in [0.29, 0.717) is 17.3 Å². The molecule has 0 saturated heterocycles. The van der Waals surface area contributed by atoms with Crippen LogP contribution < -0.4 is 0 Å². The van der Waals surface area contributed by atoms with E-state index in [-0.39, 0.29) is 11.5 Å². The summed E-state index contributed by atoms with van der Waals surface area (Å²) < 4.78 is 0. The van der Waals surface area contributed by atoms with Crippen LogP contribution in [0.3, 0.4) is 0 Å². The summed E-state index contributed by atoms with van der Waals surface area (Å²) in [7, 11) is 0. The maximum Gasteiger partial charge on any atom is 0.0832 e. The SMILES string of the molecule is CC(C)C/C=C\[C@](C)(O)[C@H]1CC[C@H]2C3CC=C4CC(O)CCC4(C)[C@H]3CCC21C. The Morgan fingerprint density at radius 3 is 2.62 bits per heavy atom. The van der Waals surface area contributed by atoms with Crippen LogP contribution in [0, 0.1) is 40.4 Å². The molecule has 0 aromatic heterocycles. The number of allylic oxidation sites excluding steroid dienone is 2. The topological polar surface area (TPSA) is 40.5 Å². The standard InChI is InChI=1S/C27H44O2/c1-18(2)7-6-14-27(5,29)24-11-10-22-21-9-8-19-17-20(28)12-15-25(19,3)23(21)13-16-26(22,24)4/h6,8,14,18,20-24,28-29H,7,9-13,15-17H2,1-5H3/b14-6-/t20?,21?,22-,23-,24-,25?,26?,27-/m0/s1. The smallest absolute Gasteiger partial charge is 0.0832 e. The van der Waals surface area contributed by atoms with E-state index in [1.807, 2.05) is 0 Å². The number of rotatable bonds is 4. The Labute approximate surface area is 178 Å². The summed E-state index contributed by atoms with van der Waals surface area (Å²) >= 11 is 0. The molecule has 4 aliphatic carbocycles. The molecule has 4 unspecified atom stereocenters. The van der Waals surface area contributed by atoms with Crippen molar-refractivity contribution in [2.24, 2.45) is 40.4 Å². The minimum atomic E-state index is -0.695. The van der Waals surface area contributed by atoms with Gasteiger partial charge in [-0.15, -0.1) is 0 Å². The molecule has 0 bridgehead atoms. The number of hydrogen-bond acceptors (Lipinski definition) is 2. The summed E-state index contributed by atoms with van der Waals surface area (Å²) in [6, 6.07) is 0. The van der Waals surface area contributed by atoms with Gasteiger partial charge in [-0.2, -0.15) is 0 Å². The van der Waals surface area contributed by atoms with Gasteiger partial charge < -0.3 is 10.2 Å². The van der Waals surface area contributed by atoms with Gasteiger partial charge in [0.25, 0.3) is 0 Å². The van der Waals surface area contributed by atoms with Crippen molar-refractivity contribution >= 4 is 0 Å². The predicted molar refractivity (Wildman–Crippen MR) is 120 cm³/mol. The lowest BCUT2D eigenvalue weighted by Gasteiger charge is -2.58. The van der Waals surface area contributed by atoms with Crippen LogP contribution in [0.4, 0.5) is 0 Å². The van der Waals surface area contributed by atoms with E-state index >= 15 is 0 Å². The van der Waals surface area contributed by atoms with Crippen LogP contribution >= 0.6 is 0 Å². The fourth-order valence-electron chi connectivity index (χ4n) is 8.30. The van der Waals surface area contributed by atoms with Gasteiger partial charge >= 0.3 is 0 Å². The van der Waals surface area contributed by atoms with Gasteiger partial charge in [0, 0.05) is 0 Å². The average molecular weight is 401 g/mol. The molecule has 0 aromatic rings. The summed E-state index contributed by atoms with van der Waals surface area (Å²) in [4.78, 5) is 0. The first-order chi connectivity index (χ1) is 13.6. The van der Waals surface area contributed by atoms with Gasteiger partial charge in [-0.25, -0.2) is 0 Å². The number of aliphatic hydroxyl groups excluding tert-OH is 1. The molecule has 3 fully saturated rings. The highest BCUT2D eigenvalue weighted by atomic mass is 16.3. The minimum Gasteiger partial charge on any atom is -0.393 e. The molecule has 8 atom stereocenters. The molecular formula is C27H44O2. The Hall–Kier alpha value is -0.600. The lowest BCUT2D eigenvalue weighted by molar-refractivity contribution is -0.0854. The van der Waals surface area contributed by atoms with E-state index in [1.165, 1.54) is 25.7 Å². The van der Waals surface area contributed by atoms with Gasteiger partial charge in [0.15, 0.2) is 0 Å². The Balaban J connectivity index is 1.57. The van der Waals surface area contributed by atoms with Crippen molar-refractivity contribution in [3.63, 3.8) is 0 Å². The van der Waals surface area contributed by atoms with Crippen molar-refractivity contribution in [3.8, 4) is 0 Å². The summed E-state index contributed by atoms with van der Waals surface area (Å²) in [5, 5.41) is 21.7. The summed E-state index contributed by atoms with van der Waals surface area (Å²) in [6.07, 6.45) is 17.0. The highest BCUT2D eigenvalue weighted by molar-refractivity contribution is 5.26. The van der Waals surface area contributed by atoms with Crippen molar-refractivity contribution in [1.29, 1.82) is 0 Å². The Morgan fingerprint density at radius 2 is 1.90 bits per heavy atom. The molecule has 164 valence electrons. The van der Waals surface area contributed by atoms with Gasteiger partial charge in [-0.05, 0) is 105 Å². The Kier molecular flexibility index (Phi) is 5.61. The van der Waals surface area contributed by atoms with E-state index < -0.39 is 5.60 Å². The van der Waals surface area contributed by atoms with Crippen LogP contribution in [0.2, 0.25) is 0 Å². The second kappa shape index (κ2) is 7.52. The van der Waals surface area contributed by atoms with Gasteiger partial charge in [0.05, 0.1) is 11.7 Å². The highest BCUT2D eigenvalue weighted by Crippen LogP contribution is 2.67. The largest absolute Gasteiger partial charge is 0.393 e. The molecule has 0 aliphatic heterocycles. The second-order valence-electron chi connectivity index (χ2n) is 12.1. The second-order valence-corrected chi connectivity index (χ2v) is 12.1. The first kappa shape index (κ1) is 21.6. The number of fused-ring (bicyclic) bond motifs is 5. The minimum absolute atomic E-state index is 0.122. The van der Waals surface area contributed by atoms with Crippen LogP contribution in [0.25, 0.3) is 0 Å². The molecule has 2 nitrogen and oxygen atoms in total. The van der Waals surface area contributed by atoms with E-state index in [9.17, 15) is 10.2 Å². The molecule has 2 N–H and O–H groups in total. The van der Waals surface area contributed by atoms with Crippen molar-refractivity contribution in [3.05, 3.63) is 23.8 Å². The zero-order valence-electron chi connectivity index (χ0n) is 19.5. The zero-order valence-corrected chi connectivity index (χ0v) is 19.5. The molecule has 0 aromatic carbocycles. The van der Waals surface area contributed by atoms with Crippen LogP contribution in [0.1, 0.15) is 92.4 Å². The molecule has 2 heteroatoms. The van der Waals surface area contributed by atoms with Gasteiger partial charge in [0.1, 0.15) is 0 Å². The first-order valence-electron chi connectivity index (χ1n) is 12.4. The van der Waals surface area contributed by atoms with Crippen LogP contribution in [0.15, 0.2) is 23.8 Å². The normalized spacial score (nSPS) is 46.8. The lowest BCUT2D eigenvalue weighted by Crippen LogP contribution is -2.52.